The summed E-state index contributed by atoms with van der Waals surface area (Å²) in [5.74, 6) is 1.34. The van der Waals surface area contributed by atoms with Crippen molar-refractivity contribution in [1.82, 2.24) is 4.90 Å². The van der Waals surface area contributed by atoms with Crippen LogP contribution in [-0.2, 0) is 5.72 Å². The van der Waals surface area contributed by atoms with Crippen LogP contribution in [0.4, 0.5) is 0 Å². The molecule has 6 heteroatoms. The normalized spacial score (nSPS) is 16.1. The standard InChI is InChI=1S/C28H29NO3S.ClH/c1-19-6-13-23(14-7-19)32-28(2,29-16-4-3-5-17-29)26-24-15-12-22(31)18-25(24)33-27(26)20-8-10-21(30)11-9-20;/h6-15,18,30-31H,3-5,16-17H2,1-2H3;1H. The second-order valence-corrected chi connectivity index (χ2v) is 10.0. The van der Waals surface area contributed by atoms with E-state index >= 15 is 0 Å². The number of fused-ring (bicyclic) bond motifs is 1. The number of phenols is 2. The number of aryl methyl sites for hydroxylation is 1. The number of rotatable bonds is 5. The Morgan fingerprint density at radius 1 is 0.853 bits per heavy atom. The molecule has 2 heterocycles. The first-order valence-electron chi connectivity index (χ1n) is 11.5. The summed E-state index contributed by atoms with van der Waals surface area (Å²) in [6.07, 6.45) is 3.52. The monoisotopic (exact) mass is 495 g/mol. The van der Waals surface area contributed by atoms with Gasteiger partial charge in [0.2, 0.25) is 0 Å². The van der Waals surface area contributed by atoms with E-state index in [9.17, 15) is 10.2 Å². The van der Waals surface area contributed by atoms with Crippen LogP contribution in [0, 0.1) is 6.92 Å². The molecule has 1 aromatic heterocycles. The number of likely N-dealkylation sites (tertiary alicyclic amines) is 1. The van der Waals surface area contributed by atoms with E-state index in [1.54, 1.807) is 29.5 Å². The minimum atomic E-state index is -0.696. The average molecular weight is 496 g/mol. The molecule has 4 nitrogen and oxygen atoms in total. The highest BCUT2D eigenvalue weighted by atomic mass is 35.5. The number of thiophene rings is 1. The molecule has 1 aliphatic rings. The number of nitrogens with zero attached hydrogens (tertiary/aromatic N) is 1. The fourth-order valence-corrected chi connectivity index (χ4v) is 6.13. The summed E-state index contributed by atoms with van der Waals surface area (Å²) in [6.45, 7) is 6.19. The van der Waals surface area contributed by atoms with E-state index in [0.29, 0.717) is 0 Å². The number of halogens is 1. The molecule has 0 spiro atoms. The molecule has 1 atom stereocenters. The lowest BCUT2D eigenvalue weighted by atomic mass is 9.93. The summed E-state index contributed by atoms with van der Waals surface area (Å²) in [5, 5.41) is 21.1. The molecule has 0 saturated carbocycles. The summed E-state index contributed by atoms with van der Waals surface area (Å²) in [5.41, 5.74) is 2.64. The Labute approximate surface area is 210 Å². The fourth-order valence-electron chi connectivity index (χ4n) is 4.79. The number of hydrogen-bond acceptors (Lipinski definition) is 5. The largest absolute Gasteiger partial charge is 0.508 e. The van der Waals surface area contributed by atoms with Crippen LogP contribution in [0.3, 0.4) is 0 Å². The van der Waals surface area contributed by atoms with Crippen LogP contribution in [0.15, 0.2) is 66.7 Å². The van der Waals surface area contributed by atoms with Gasteiger partial charge in [-0.05, 0) is 86.8 Å². The molecule has 1 aliphatic heterocycles. The van der Waals surface area contributed by atoms with Crippen molar-refractivity contribution in [2.24, 2.45) is 0 Å². The summed E-state index contributed by atoms with van der Waals surface area (Å²) in [4.78, 5) is 3.55. The van der Waals surface area contributed by atoms with Crippen LogP contribution < -0.4 is 4.74 Å². The molecule has 1 fully saturated rings. The zero-order valence-electron chi connectivity index (χ0n) is 19.5. The molecule has 178 valence electrons. The SMILES string of the molecule is Cc1ccc(OC(C)(c2c(-c3ccc(O)cc3)sc3cc(O)ccc23)N2CCCCC2)cc1.Cl. The van der Waals surface area contributed by atoms with E-state index in [-0.39, 0.29) is 23.9 Å². The molecule has 0 radical (unpaired) electrons. The third-order valence-electron chi connectivity index (χ3n) is 6.56. The van der Waals surface area contributed by atoms with Crippen molar-refractivity contribution in [3.05, 3.63) is 77.9 Å². The maximum absolute atomic E-state index is 10.2. The molecule has 5 rings (SSSR count). The third kappa shape index (κ3) is 4.61. The van der Waals surface area contributed by atoms with E-state index in [1.165, 1.54) is 12.0 Å². The molecule has 4 aromatic rings. The molecule has 0 amide bonds. The molecular formula is C28H30ClNO3S. The van der Waals surface area contributed by atoms with Crippen molar-refractivity contribution in [3.8, 4) is 27.7 Å². The molecule has 0 bridgehead atoms. The number of phenolic OH excluding ortho intramolecular Hbond substituents is 2. The van der Waals surface area contributed by atoms with Gasteiger partial charge in [0.05, 0.1) is 0 Å². The summed E-state index contributed by atoms with van der Waals surface area (Å²) in [6, 6.07) is 21.2. The Morgan fingerprint density at radius 3 is 2.18 bits per heavy atom. The smallest absolute Gasteiger partial charge is 0.188 e. The van der Waals surface area contributed by atoms with Crippen molar-refractivity contribution in [2.75, 3.05) is 13.1 Å². The van der Waals surface area contributed by atoms with Gasteiger partial charge in [-0.1, -0.05) is 24.1 Å². The quantitative estimate of drug-likeness (QED) is 0.302. The average Bonchev–Trinajstić information content (AvgIpc) is 3.21. The Hall–Kier alpha value is -2.73. The molecule has 3 aromatic carbocycles. The minimum Gasteiger partial charge on any atom is -0.508 e. The maximum Gasteiger partial charge on any atom is 0.188 e. The van der Waals surface area contributed by atoms with E-state index < -0.39 is 5.72 Å². The fraction of sp³-hybridized carbons (Fsp3) is 0.286. The van der Waals surface area contributed by atoms with Gasteiger partial charge < -0.3 is 14.9 Å². The van der Waals surface area contributed by atoms with Gasteiger partial charge in [0.1, 0.15) is 17.2 Å². The molecule has 1 unspecified atom stereocenters. The van der Waals surface area contributed by atoms with Crippen molar-refractivity contribution < 1.29 is 14.9 Å². The first kappa shape index (κ1) is 24.4. The topological polar surface area (TPSA) is 52.9 Å². The second-order valence-electron chi connectivity index (χ2n) is 8.98. The van der Waals surface area contributed by atoms with Gasteiger partial charge >= 0.3 is 0 Å². The van der Waals surface area contributed by atoms with Crippen LogP contribution >= 0.6 is 23.7 Å². The van der Waals surface area contributed by atoms with Gasteiger partial charge in [0, 0.05) is 33.6 Å². The van der Waals surface area contributed by atoms with Crippen molar-refractivity contribution in [2.45, 2.75) is 38.8 Å². The van der Waals surface area contributed by atoms with Gasteiger partial charge in [-0.25, -0.2) is 0 Å². The van der Waals surface area contributed by atoms with Crippen LogP contribution in [0.25, 0.3) is 20.5 Å². The lowest BCUT2D eigenvalue weighted by molar-refractivity contribution is -0.0845. The van der Waals surface area contributed by atoms with Crippen LogP contribution in [0.1, 0.15) is 37.3 Å². The van der Waals surface area contributed by atoms with Gasteiger partial charge in [-0.3, -0.25) is 4.90 Å². The number of benzene rings is 3. The predicted octanol–water partition coefficient (Wildman–Crippen LogP) is 7.45. The number of piperidine rings is 1. The molecule has 1 saturated heterocycles. The zero-order valence-corrected chi connectivity index (χ0v) is 21.1. The molecule has 34 heavy (non-hydrogen) atoms. The van der Waals surface area contributed by atoms with Crippen molar-refractivity contribution >= 4 is 33.8 Å². The predicted molar refractivity (Wildman–Crippen MR) is 142 cm³/mol. The van der Waals surface area contributed by atoms with Crippen molar-refractivity contribution in [1.29, 1.82) is 0 Å². The van der Waals surface area contributed by atoms with Crippen LogP contribution in [0.2, 0.25) is 0 Å². The molecule has 0 aliphatic carbocycles. The lowest BCUT2D eigenvalue weighted by Gasteiger charge is -2.44. The van der Waals surface area contributed by atoms with E-state index in [1.807, 2.05) is 36.4 Å². The first-order valence-corrected chi connectivity index (χ1v) is 12.3. The number of hydrogen-bond donors (Lipinski definition) is 2. The van der Waals surface area contributed by atoms with Gasteiger partial charge in [0.25, 0.3) is 0 Å². The summed E-state index contributed by atoms with van der Waals surface area (Å²) >= 11 is 1.65. The Bertz CT molecular complexity index is 1260. The maximum atomic E-state index is 10.2. The van der Waals surface area contributed by atoms with Gasteiger partial charge in [-0.15, -0.1) is 23.7 Å². The third-order valence-corrected chi connectivity index (χ3v) is 7.77. The van der Waals surface area contributed by atoms with E-state index in [2.05, 4.69) is 30.9 Å². The highest BCUT2D eigenvalue weighted by Crippen LogP contribution is 2.48. The highest BCUT2D eigenvalue weighted by molar-refractivity contribution is 7.22. The first-order chi connectivity index (χ1) is 15.9. The highest BCUT2D eigenvalue weighted by Gasteiger charge is 2.41. The zero-order chi connectivity index (χ0) is 23.0. The number of aromatic hydroxyl groups is 2. The Balaban J connectivity index is 0.00000274. The van der Waals surface area contributed by atoms with Crippen LogP contribution in [-0.4, -0.2) is 28.2 Å². The summed E-state index contributed by atoms with van der Waals surface area (Å²) in [7, 11) is 0. The summed E-state index contributed by atoms with van der Waals surface area (Å²) < 4.78 is 7.90. The second kappa shape index (κ2) is 9.87. The lowest BCUT2D eigenvalue weighted by Crippen LogP contribution is -2.50. The van der Waals surface area contributed by atoms with Gasteiger partial charge in [0.15, 0.2) is 5.72 Å². The molecule has 2 N–H and O–H groups in total. The van der Waals surface area contributed by atoms with E-state index in [4.69, 9.17) is 4.74 Å². The Kier molecular flexibility index (Phi) is 7.08. The number of ether oxygens (including phenoxy) is 1. The minimum absolute atomic E-state index is 0. The van der Waals surface area contributed by atoms with Crippen molar-refractivity contribution in [3.63, 3.8) is 0 Å². The molecular weight excluding hydrogens is 466 g/mol. The van der Waals surface area contributed by atoms with E-state index in [0.717, 1.165) is 57.8 Å². The van der Waals surface area contributed by atoms with Crippen LogP contribution in [0.5, 0.6) is 17.2 Å². The van der Waals surface area contributed by atoms with Gasteiger partial charge in [-0.2, -0.15) is 0 Å². The Morgan fingerprint density at radius 2 is 1.50 bits per heavy atom.